The van der Waals surface area contributed by atoms with Crippen LogP contribution in [0, 0.1) is 30.7 Å². The van der Waals surface area contributed by atoms with Crippen LogP contribution in [0.25, 0.3) is 0 Å². The van der Waals surface area contributed by atoms with Crippen LogP contribution in [0.2, 0.25) is 0 Å². The minimum atomic E-state index is -4.94. The van der Waals surface area contributed by atoms with E-state index in [1.165, 1.54) is 0 Å². The van der Waals surface area contributed by atoms with Gasteiger partial charge in [-0.1, -0.05) is 0 Å². The normalized spacial score (nSPS) is 9.00. The van der Waals surface area contributed by atoms with Gasteiger partial charge in [0.25, 0.3) is 0 Å². The fourth-order valence-corrected chi connectivity index (χ4v) is 0. The van der Waals surface area contributed by atoms with E-state index in [9.17, 15) is 0 Å². The van der Waals surface area contributed by atoms with Gasteiger partial charge in [0.1, 0.15) is 0 Å². The fourth-order valence-electron chi connectivity index (χ4n) is 0. The van der Waals surface area contributed by atoms with Gasteiger partial charge in [0, 0.05) is 0 Å². The van der Waals surface area contributed by atoms with Crippen molar-refractivity contribution in [2.45, 2.75) is 0 Å². The fraction of sp³-hybridized carbons (Fsp3) is 0. The molecule has 0 aromatic carbocycles. The van der Waals surface area contributed by atoms with Crippen LogP contribution >= 0.6 is 0 Å². The average Bonchev–Trinajstić information content (AvgIpc) is 1.41. The van der Waals surface area contributed by atoms with Gasteiger partial charge in [0.05, 0.1) is 0 Å². The summed E-state index contributed by atoms with van der Waals surface area (Å²) in [5, 5.41) is 0. The first-order valence-electron chi connectivity index (χ1n) is 1.85. The van der Waals surface area contributed by atoms with Gasteiger partial charge in [-0.15, -0.1) is 30.7 Å². The van der Waals surface area contributed by atoms with Crippen LogP contribution < -0.4 is 80.5 Å². The molecule has 0 amide bonds. The van der Waals surface area contributed by atoms with E-state index in [0.29, 0.717) is 0 Å². The van der Waals surface area contributed by atoms with Crippen molar-refractivity contribution in [1.82, 2.24) is 24.6 Å². The van der Waals surface area contributed by atoms with E-state index in [1.807, 2.05) is 0 Å². The minimum absolute atomic E-state index is 0. The third kappa shape index (κ3) is 10900. The third-order valence-electron chi connectivity index (χ3n) is 0. The van der Waals surface area contributed by atoms with Gasteiger partial charge >= 0.3 is 16.8 Å². The van der Waals surface area contributed by atoms with E-state index in [0.717, 1.165) is 0 Å². The first-order chi connectivity index (χ1) is 6.00. The summed E-state index contributed by atoms with van der Waals surface area (Å²) in [5.74, 6) is 0. The Morgan fingerprint density at radius 1 is 0.300 bits per heavy atom. The predicted molar refractivity (Wildman–Crippen MR) is 20.1 cm³/mol. The van der Waals surface area contributed by atoms with Gasteiger partial charge < -0.3 is 24.6 Å². The Morgan fingerprint density at radius 3 is 0.300 bits per heavy atom. The summed E-state index contributed by atoms with van der Waals surface area (Å²) in [6, 6.07) is 0. The summed E-state index contributed by atoms with van der Waals surface area (Å²) < 4.78 is 102. The van der Waals surface area contributed by atoms with Gasteiger partial charge in [-0.2, -0.15) is 0 Å². The van der Waals surface area contributed by atoms with Crippen LogP contribution in [-0.4, -0.2) is 0 Å². The molecule has 0 unspecified atom stereocenters. The largest absolute Gasteiger partial charge is 3.00 e. The number of hydrogen-bond acceptors (Lipinski definition) is 16. The summed E-state index contributed by atoms with van der Waals surface area (Å²) in [7, 11) is -14.8. The Labute approximate surface area is 128 Å². The number of hydrogen-bond donors (Lipinski definition) is 4. The van der Waals surface area contributed by atoms with Crippen LogP contribution in [0.4, 0.5) is 0 Å². The van der Waals surface area contributed by atoms with Crippen molar-refractivity contribution < 1.29 is 103 Å². The van der Waals surface area contributed by atoms with Crippen molar-refractivity contribution in [3.8, 4) is 0 Å². The van der Waals surface area contributed by atoms with Crippen molar-refractivity contribution in [2.24, 2.45) is 0 Å². The quantitative estimate of drug-likeness (QED) is 0.279. The summed E-state index contributed by atoms with van der Waals surface area (Å²) in [4.78, 5) is 0. The molecule has 20 heavy (non-hydrogen) atoms. The minimum Gasteiger partial charge on any atom is -0.344 e. The van der Waals surface area contributed by atoms with Gasteiger partial charge in [-0.05, 0) is 0 Å². The van der Waals surface area contributed by atoms with Crippen LogP contribution in [0.1, 0.15) is 0 Å². The molecule has 16 nitrogen and oxygen atoms in total. The smallest absolute Gasteiger partial charge is 0.344 e. The molecule has 0 atom stereocenters. The molecular weight excluding hydrogens is 413 g/mol. The summed E-state index contributed by atoms with van der Waals surface area (Å²) in [6.45, 7) is 0. The Balaban J connectivity index is -0.0000000160. The third-order valence-corrected chi connectivity index (χ3v) is 0. The molecule has 0 saturated carbocycles. The Morgan fingerprint density at radius 2 is 0.300 bits per heavy atom. The zero-order valence-corrected chi connectivity index (χ0v) is 12.5. The van der Waals surface area contributed by atoms with E-state index in [2.05, 4.69) is 0 Å². The molecule has 0 fully saturated rings. The van der Waals surface area contributed by atoms with Crippen LogP contribution in [0.15, 0.2) is 0 Å². The molecule has 0 aromatic heterocycles. The second kappa shape index (κ2) is 19.7. The maximum absolute atomic E-state index is 8.49. The molecular formula is H12Cl3CoN4O12. The molecule has 0 aliphatic carbocycles. The first kappa shape index (κ1) is 49.8. The second-order valence-corrected chi connectivity index (χ2v) is 3.40. The average molecular weight is 425 g/mol. The van der Waals surface area contributed by atoms with Gasteiger partial charge in [-0.3, -0.25) is 0 Å². The molecule has 0 heterocycles. The standard InChI is InChI=1S/3ClHO4.Co.4H3N/c3*2-1(3,4)5;;;;;/h3*(H,2,3,4,5);;4*1H3/q;;;+3;;;;/p-3. The van der Waals surface area contributed by atoms with Crippen molar-refractivity contribution >= 4 is 0 Å². The van der Waals surface area contributed by atoms with E-state index in [1.54, 1.807) is 0 Å². The zero-order valence-electron chi connectivity index (χ0n) is 9.19. The van der Waals surface area contributed by atoms with E-state index in [-0.39, 0.29) is 41.4 Å². The van der Waals surface area contributed by atoms with Gasteiger partial charge in [0.15, 0.2) is 0 Å². The number of halogens is 3. The van der Waals surface area contributed by atoms with Crippen LogP contribution in [-0.2, 0) is 16.8 Å². The molecule has 0 spiro atoms. The maximum atomic E-state index is 8.49. The van der Waals surface area contributed by atoms with Crippen molar-refractivity contribution in [3.63, 3.8) is 0 Å². The van der Waals surface area contributed by atoms with Crippen LogP contribution in [0.3, 0.4) is 0 Å². The molecule has 0 rings (SSSR count). The zero-order chi connectivity index (χ0) is 13.5. The monoisotopic (exact) mass is 424 g/mol. The van der Waals surface area contributed by atoms with E-state index < -0.39 is 30.7 Å². The molecule has 0 radical (unpaired) electrons. The molecule has 0 aliphatic heterocycles. The molecule has 0 aliphatic rings. The van der Waals surface area contributed by atoms with Crippen molar-refractivity contribution in [3.05, 3.63) is 0 Å². The Bertz CT molecular complexity index is 106. The van der Waals surface area contributed by atoms with Gasteiger partial charge in [0.2, 0.25) is 0 Å². The SMILES string of the molecule is N.N.N.N.[Co+3].[O-][Cl+3]([O-])([O-])[O-].[O-][Cl+3]([O-])([O-])[O-].[O-][Cl+3]([O-])([O-])[O-]. The molecule has 0 bridgehead atoms. The predicted octanol–water partition coefficient (Wildman–Crippen LogP) is -13.6. The summed E-state index contributed by atoms with van der Waals surface area (Å²) in [5.41, 5.74) is 0. The van der Waals surface area contributed by atoms with E-state index in [4.69, 9.17) is 55.9 Å². The molecule has 0 aromatic rings. The Hall–Kier alpha value is 0.736. The topological polar surface area (TPSA) is 417 Å². The molecule has 134 valence electrons. The first-order valence-corrected chi connectivity index (χ1v) is 5.55. The van der Waals surface area contributed by atoms with E-state index >= 15 is 0 Å². The van der Waals surface area contributed by atoms with Gasteiger partial charge in [-0.25, -0.2) is 55.9 Å². The molecule has 20 heteroatoms. The van der Waals surface area contributed by atoms with Crippen molar-refractivity contribution in [1.29, 1.82) is 0 Å². The van der Waals surface area contributed by atoms with Crippen LogP contribution in [0.5, 0.6) is 0 Å². The Kier molecular flexibility index (Phi) is 49.1. The molecule has 12 N–H and O–H groups in total. The number of rotatable bonds is 0. The maximum Gasteiger partial charge on any atom is 3.00 e. The van der Waals surface area contributed by atoms with Crippen molar-refractivity contribution in [2.75, 3.05) is 0 Å². The summed E-state index contributed by atoms with van der Waals surface area (Å²) >= 11 is 0. The molecule has 0 saturated heterocycles. The second-order valence-electron chi connectivity index (χ2n) is 1.13. The summed E-state index contributed by atoms with van der Waals surface area (Å²) in [6.07, 6.45) is 0.